The van der Waals surface area contributed by atoms with Crippen LogP contribution in [0.25, 0.3) is 0 Å². The predicted octanol–water partition coefficient (Wildman–Crippen LogP) is -0.211. The third-order valence-electron chi connectivity index (χ3n) is 1.80. The number of carboxylic acids is 2. The zero-order valence-electron chi connectivity index (χ0n) is 6.89. The van der Waals surface area contributed by atoms with Crippen LogP contribution in [0.2, 0.25) is 0 Å². The molecule has 0 aliphatic carbocycles. The molecule has 0 amide bonds. The van der Waals surface area contributed by atoms with Crippen LogP contribution >= 0.6 is 0 Å². The zero-order chi connectivity index (χ0) is 9.89. The second-order valence-corrected chi connectivity index (χ2v) is 2.74. The van der Waals surface area contributed by atoms with Crippen molar-refractivity contribution in [1.82, 2.24) is 0 Å². The molecule has 0 aromatic carbocycles. The third kappa shape index (κ3) is 2.50. The first-order valence-electron chi connectivity index (χ1n) is 3.51. The molecule has 0 spiro atoms. The van der Waals surface area contributed by atoms with Gasteiger partial charge in [-0.25, -0.2) is 0 Å². The van der Waals surface area contributed by atoms with Crippen LogP contribution in [-0.4, -0.2) is 33.4 Å². The Bertz CT molecular complexity index is 168. The summed E-state index contributed by atoms with van der Waals surface area (Å²) in [5.74, 6) is -4.52. The Morgan fingerprint density at radius 2 is 1.25 bits per heavy atom. The van der Waals surface area contributed by atoms with E-state index in [0.29, 0.717) is 0 Å². The van der Waals surface area contributed by atoms with Gasteiger partial charge in [0.1, 0.15) is 0 Å². The molecule has 0 heterocycles. The Balaban J connectivity index is 4.28. The van der Waals surface area contributed by atoms with Crippen molar-refractivity contribution in [2.24, 2.45) is 11.8 Å². The maximum atomic E-state index is 10.3. The highest BCUT2D eigenvalue weighted by molar-refractivity contribution is 5.74. The van der Waals surface area contributed by atoms with Crippen molar-refractivity contribution in [3.8, 4) is 0 Å². The van der Waals surface area contributed by atoms with Gasteiger partial charge in [-0.1, -0.05) is 0 Å². The molecule has 3 N–H and O–H groups in total. The molecular weight excluding hydrogens is 164 g/mol. The summed E-state index contributed by atoms with van der Waals surface area (Å²) in [7, 11) is 0. The summed E-state index contributed by atoms with van der Waals surface area (Å²) >= 11 is 0. The number of hydrogen-bond acceptors (Lipinski definition) is 3. The van der Waals surface area contributed by atoms with Gasteiger partial charge in [-0.3, -0.25) is 9.59 Å². The second kappa shape index (κ2) is 4.06. The van der Waals surface area contributed by atoms with Crippen molar-refractivity contribution >= 4 is 11.9 Å². The fourth-order valence-corrected chi connectivity index (χ4v) is 0.725. The lowest BCUT2D eigenvalue weighted by atomic mass is 9.94. The average molecular weight is 176 g/mol. The molecule has 12 heavy (non-hydrogen) atoms. The van der Waals surface area contributed by atoms with Crippen molar-refractivity contribution in [3.05, 3.63) is 0 Å². The molecular formula is C7H12O5. The zero-order valence-corrected chi connectivity index (χ0v) is 6.89. The minimum Gasteiger partial charge on any atom is -0.481 e. The Morgan fingerprint density at radius 3 is 1.42 bits per heavy atom. The average Bonchev–Trinajstić information content (AvgIpc) is 2.00. The quantitative estimate of drug-likeness (QED) is 0.550. The van der Waals surface area contributed by atoms with E-state index in [2.05, 4.69) is 0 Å². The number of carboxylic acid groups (broad SMARTS) is 2. The maximum Gasteiger partial charge on any atom is 0.308 e. The largest absolute Gasteiger partial charge is 0.481 e. The van der Waals surface area contributed by atoms with Crippen LogP contribution in [-0.2, 0) is 9.59 Å². The molecule has 5 heteroatoms. The van der Waals surface area contributed by atoms with Gasteiger partial charge in [-0.2, -0.15) is 0 Å². The molecule has 0 bridgehead atoms. The highest BCUT2D eigenvalue weighted by atomic mass is 16.4. The molecule has 2 unspecified atom stereocenters. The highest BCUT2D eigenvalue weighted by Gasteiger charge is 2.30. The first-order chi connectivity index (χ1) is 5.37. The van der Waals surface area contributed by atoms with E-state index in [-0.39, 0.29) is 0 Å². The minimum absolute atomic E-state index is 1.06. The number of aliphatic carboxylic acids is 2. The van der Waals surface area contributed by atoms with Crippen LogP contribution in [0.5, 0.6) is 0 Å². The highest BCUT2D eigenvalue weighted by Crippen LogP contribution is 2.13. The van der Waals surface area contributed by atoms with E-state index in [9.17, 15) is 9.59 Å². The minimum atomic E-state index is -1.35. The Hall–Kier alpha value is -1.10. The van der Waals surface area contributed by atoms with Crippen LogP contribution in [0.15, 0.2) is 0 Å². The van der Waals surface area contributed by atoms with Gasteiger partial charge < -0.3 is 15.3 Å². The normalized spacial score (nSPS) is 17.9. The fraction of sp³-hybridized carbons (Fsp3) is 0.714. The van der Waals surface area contributed by atoms with Crippen LogP contribution < -0.4 is 0 Å². The number of aliphatic hydroxyl groups is 1. The van der Waals surface area contributed by atoms with Gasteiger partial charge in [0, 0.05) is 0 Å². The molecule has 70 valence electrons. The van der Waals surface area contributed by atoms with Gasteiger partial charge in [0.2, 0.25) is 0 Å². The summed E-state index contributed by atoms with van der Waals surface area (Å²) in [4.78, 5) is 20.6. The van der Waals surface area contributed by atoms with Crippen molar-refractivity contribution in [3.63, 3.8) is 0 Å². The summed E-state index contributed by atoms with van der Waals surface area (Å²) in [5, 5.41) is 26.0. The van der Waals surface area contributed by atoms with Crippen LogP contribution in [0.3, 0.4) is 0 Å². The van der Waals surface area contributed by atoms with Crippen LogP contribution in [0.1, 0.15) is 13.8 Å². The molecule has 0 radical (unpaired) electrons. The number of carbonyl (C=O) groups is 2. The van der Waals surface area contributed by atoms with E-state index in [1.165, 1.54) is 13.8 Å². The van der Waals surface area contributed by atoms with Gasteiger partial charge >= 0.3 is 11.9 Å². The van der Waals surface area contributed by atoms with E-state index >= 15 is 0 Å². The molecule has 0 fully saturated rings. The Morgan fingerprint density at radius 1 is 1.00 bits per heavy atom. The SMILES string of the molecule is CC(C(=O)O)C(O)C(C)C(=O)O. The van der Waals surface area contributed by atoms with E-state index in [4.69, 9.17) is 15.3 Å². The van der Waals surface area contributed by atoms with Gasteiger partial charge in [0.15, 0.2) is 0 Å². The Kier molecular flexibility index (Phi) is 3.69. The molecule has 5 nitrogen and oxygen atoms in total. The lowest BCUT2D eigenvalue weighted by Crippen LogP contribution is -2.35. The number of aliphatic hydroxyl groups excluding tert-OH is 1. The molecule has 2 atom stereocenters. The topological polar surface area (TPSA) is 94.8 Å². The Labute approximate surface area is 69.6 Å². The van der Waals surface area contributed by atoms with Crippen molar-refractivity contribution < 1.29 is 24.9 Å². The van der Waals surface area contributed by atoms with Crippen molar-refractivity contribution in [1.29, 1.82) is 0 Å². The van der Waals surface area contributed by atoms with Gasteiger partial charge in [-0.05, 0) is 13.8 Å². The third-order valence-corrected chi connectivity index (χ3v) is 1.80. The molecule has 0 rings (SSSR count). The summed E-state index contributed by atoms with van der Waals surface area (Å²) < 4.78 is 0. The molecule has 0 aliphatic heterocycles. The molecule has 0 aromatic rings. The standard InChI is InChI=1S/C7H12O5/c1-3(6(9)10)5(8)4(2)7(11)12/h3-5,8H,1-2H3,(H,9,10)(H,11,12). The monoisotopic (exact) mass is 176 g/mol. The van der Waals surface area contributed by atoms with Gasteiger partial charge in [0.25, 0.3) is 0 Å². The van der Waals surface area contributed by atoms with Crippen LogP contribution in [0.4, 0.5) is 0 Å². The smallest absolute Gasteiger partial charge is 0.308 e. The van der Waals surface area contributed by atoms with Crippen molar-refractivity contribution in [2.75, 3.05) is 0 Å². The van der Waals surface area contributed by atoms with Crippen molar-refractivity contribution in [2.45, 2.75) is 20.0 Å². The number of hydrogen-bond donors (Lipinski definition) is 3. The summed E-state index contributed by atoms with van der Waals surface area (Å²) in [5.41, 5.74) is 0. The van der Waals surface area contributed by atoms with E-state index < -0.39 is 29.9 Å². The lowest BCUT2D eigenvalue weighted by molar-refractivity contribution is -0.152. The lowest BCUT2D eigenvalue weighted by Gasteiger charge is -2.18. The van der Waals surface area contributed by atoms with Gasteiger partial charge in [0.05, 0.1) is 17.9 Å². The second-order valence-electron chi connectivity index (χ2n) is 2.74. The summed E-state index contributed by atoms with van der Waals surface area (Å²) in [6.07, 6.45) is -1.35. The van der Waals surface area contributed by atoms with E-state index in [1.807, 2.05) is 0 Å². The first-order valence-corrected chi connectivity index (χ1v) is 3.51. The van der Waals surface area contributed by atoms with Gasteiger partial charge in [-0.15, -0.1) is 0 Å². The summed E-state index contributed by atoms with van der Waals surface area (Å²) in [6, 6.07) is 0. The molecule has 0 aromatic heterocycles. The number of rotatable bonds is 4. The van der Waals surface area contributed by atoms with E-state index in [1.54, 1.807) is 0 Å². The summed E-state index contributed by atoms with van der Waals surface area (Å²) in [6.45, 7) is 2.54. The maximum absolute atomic E-state index is 10.3. The van der Waals surface area contributed by atoms with Crippen LogP contribution in [0, 0.1) is 11.8 Å². The van der Waals surface area contributed by atoms with E-state index in [0.717, 1.165) is 0 Å². The molecule has 0 saturated carbocycles. The fourth-order valence-electron chi connectivity index (χ4n) is 0.725. The molecule has 0 saturated heterocycles. The molecule has 0 aliphatic rings. The first kappa shape index (κ1) is 10.9. The predicted molar refractivity (Wildman–Crippen MR) is 39.6 cm³/mol.